The van der Waals surface area contributed by atoms with Crippen LogP contribution < -0.4 is 5.32 Å². The number of amides is 1. The number of nitrogens with one attached hydrogen (secondary N) is 1. The minimum absolute atomic E-state index is 0.00552. The number of alkyl halides is 3. The van der Waals surface area contributed by atoms with Crippen molar-refractivity contribution in [2.24, 2.45) is 0 Å². The van der Waals surface area contributed by atoms with Crippen LogP contribution in [0.25, 0.3) is 0 Å². The number of rotatable bonds is 2. The molecule has 1 amide bonds. The van der Waals surface area contributed by atoms with Gasteiger partial charge in [0.25, 0.3) is 0 Å². The van der Waals surface area contributed by atoms with Gasteiger partial charge in [0.2, 0.25) is 5.95 Å². The second-order valence-corrected chi connectivity index (χ2v) is 7.16. The van der Waals surface area contributed by atoms with Crippen LogP contribution in [0.5, 0.6) is 0 Å². The number of hydrogen-bond donors (Lipinski definition) is 1. The number of hydrogen-bond acceptors (Lipinski definition) is 5. The van der Waals surface area contributed by atoms with Crippen molar-refractivity contribution < 1.29 is 22.7 Å². The first-order valence-corrected chi connectivity index (χ1v) is 8.18. The summed E-state index contributed by atoms with van der Waals surface area (Å²) in [5.74, 6) is -0.00552. The maximum atomic E-state index is 12.7. The van der Waals surface area contributed by atoms with Crippen LogP contribution in [-0.2, 0) is 10.9 Å². The van der Waals surface area contributed by atoms with Crippen molar-refractivity contribution in [2.75, 3.05) is 18.4 Å². The first-order chi connectivity index (χ1) is 11.5. The molecular formula is C15H20ClF3N4O2. The van der Waals surface area contributed by atoms with E-state index < -0.39 is 28.6 Å². The Morgan fingerprint density at radius 3 is 2.64 bits per heavy atom. The smallest absolute Gasteiger partial charge is 0.420 e. The Morgan fingerprint density at radius 1 is 1.40 bits per heavy atom. The molecule has 0 unspecified atom stereocenters. The highest BCUT2D eigenvalue weighted by atomic mass is 35.5. The first kappa shape index (κ1) is 19.6. The van der Waals surface area contributed by atoms with E-state index in [1.54, 1.807) is 25.7 Å². The predicted octanol–water partition coefficient (Wildman–Crippen LogP) is 3.96. The van der Waals surface area contributed by atoms with Crippen LogP contribution in [0.1, 0.15) is 39.2 Å². The van der Waals surface area contributed by atoms with E-state index in [0.717, 1.165) is 12.8 Å². The molecule has 1 aliphatic heterocycles. The van der Waals surface area contributed by atoms with Crippen molar-refractivity contribution in [3.8, 4) is 0 Å². The molecule has 1 fully saturated rings. The zero-order valence-corrected chi connectivity index (χ0v) is 14.9. The average molecular weight is 381 g/mol. The fourth-order valence-corrected chi connectivity index (χ4v) is 2.63. The highest BCUT2D eigenvalue weighted by Crippen LogP contribution is 2.33. The van der Waals surface area contributed by atoms with Crippen LogP contribution in [0, 0.1) is 0 Å². The molecule has 1 aliphatic rings. The van der Waals surface area contributed by atoms with Gasteiger partial charge in [-0.2, -0.15) is 13.2 Å². The Labute approximate surface area is 148 Å². The molecule has 0 bridgehead atoms. The number of carbonyl (C=O) groups excluding carboxylic acids is 1. The number of ether oxygens (including phenoxy) is 1. The summed E-state index contributed by atoms with van der Waals surface area (Å²) in [7, 11) is 0. The quantitative estimate of drug-likeness (QED) is 0.786. The average Bonchev–Trinajstić information content (AvgIpc) is 2.44. The summed E-state index contributed by atoms with van der Waals surface area (Å²) in [6.45, 7) is 6.24. The maximum absolute atomic E-state index is 12.7. The molecule has 0 aliphatic carbocycles. The predicted molar refractivity (Wildman–Crippen MR) is 86.5 cm³/mol. The van der Waals surface area contributed by atoms with E-state index >= 15 is 0 Å². The summed E-state index contributed by atoms with van der Waals surface area (Å²) in [5, 5.41) is 2.26. The zero-order valence-electron chi connectivity index (χ0n) is 14.2. The third kappa shape index (κ3) is 5.62. The molecule has 10 heteroatoms. The SMILES string of the molecule is CC(C)(C)OC(=O)N1CCC[C@H](Nc2ncc(C(F)(F)F)c(Cl)n2)C1. The molecule has 1 aromatic heterocycles. The van der Waals surface area contributed by atoms with E-state index in [0.29, 0.717) is 19.3 Å². The minimum atomic E-state index is -4.60. The standard InChI is InChI=1S/C15H20ClF3N4O2/c1-14(2,3)25-13(24)23-6-4-5-9(8-23)21-12-20-7-10(11(16)22-12)15(17,18)19/h7,9H,4-6,8H2,1-3H3,(H,20,21,22)/t9-/m0/s1. The highest BCUT2D eigenvalue weighted by Gasteiger charge is 2.35. The van der Waals surface area contributed by atoms with Crippen molar-refractivity contribution in [3.63, 3.8) is 0 Å². The molecule has 1 atom stereocenters. The van der Waals surface area contributed by atoms with Crippen molar-refractivity contribution in [3.05, 3.63) is 16.9 Å². The second kappa shape index (κ2) is 7.23. The topological polar surface area (TPSA) is 67.3 Å². The van der Waals surface area contributed by atoms with Gasteiger partial charge in [-0.05, 0) is 33.6 Å². The Morgan fingerprint density at radius 2 is 2.08 bits per heavy atom. The Kier molecular flexibility index (Phi) is 5.65. The third-order valence-electron chi connectivity index (χ3n) is 3.45. The molecule has 6 nitrogen and oxygen atoms in total. The fraction of sp³-hybridized carbons (Fsp3) is 0.667. The molecule has 25 heavy (non-hydrogen) atoms. The number of aromatic nitrogens is 2. The molecule has 1 N–H and O–H groups in total. The molecule has 1 saturated heterocycles. The van der Waals surface area contributed by atoms with Crippen LogP contribution in [0.15, 0.2) is 6.20 Å². The number of anilines is 1. The maximum Gasteiger partial charge on any atom is 0.420 e. The normalized spacial score (nSPS) is 18.8. The Bertz CT molecular complexity index is 634. The van der Waals surface area contributed by atoms with E-state index in [1.807, 2.05) is 0 Å². The van der Waals surface area contributed by atoms with Gasteiger partial charge in [-0.3, -0.25) is 0 Å². The van der Waals surface area contributed by atoms with Gasteiger partial charge in [0.1, 0.15) is 16.3 Å². The zero-order chi connectivity index (χ0) is 18.8. The van der Waals surface area contributed by atoms with Crippen LogP contribution in [-0.4, -0.2) is 45.7 Å². The molecule has 0 spiro atoms. The monoisotopic (exact) mass is 380 g/mol. The lowest BCUT2D eigenvalue weighted by Gasteiger charge is -2.34. The molecule has 2 rings (SSSR count). The molecule has 0 radical (unpaired) electrons. The van der Waals surface area contributed by atoms with E-state index in [1.165, 1.54) is 0 Å². The lowest BCUT2D eigenvalue weighted by atomic mass is 10.1. The molecule has 0 saturated carbocycles. The van der Waals surface area contributed by atoms with Crippen molar-refractivity contribution in [2.45, 2.75) is 51.4 Å². The molecular weight excluding hydrogens is 361 g/mol. The van der Waals surface area contributed by atoms with E-state index in [9.17, 15) is 18.0 Å². The van der Waals surface area contributed by atoms with Gasteiger partial charge in [-0.25, -0.2) is 14.8 Å². The van der Waals surface area contributed by atoms with Gasteiger partial charge >= 0.3 is 12.3 Å². The Balaban J connectivity index is 2.01. The van der Waals surface area contributed by atoms with Gasteiger partial charge in [0, 0.05) is 25.3 Å². The largest absolute Gasteiger partial charge is 0.444 e. The number of halogens is 4. The van der Waals surface area contributed by atoms with Gasteiger partial charge in [-0.15, -0.1) is 0 Å². The minimum Gasteiger partial charge on any atom is -0.444 e. The van der Waals surface area contributed by atoms with Gasteiger partial charge in [0.15, 0.2) is 0 Å². The summed E-state index contributed by atoms with van der Waals surface area (Å²) in [6, 6.07) is -0.200. The highest BCUT2D eigenvalue weighted by molar-refractivity contribution is 6.30. The summed E-state index contributed by atoms with van der Waals surface area (Å²) in [5.41, 5.74) is -1.68. The van der Waals surface area contributed by atoms with E-state index in [-0.39, 0.29) is 12.0 Å². The van der Waals surface area contributed by atoms with Gasteiger partial charge in [-0.1, -0.05) is 11.6 Å². The van der Waals surface area contributed by atoms with Crippen molar-refractivity contribution >= 4 is 23.6 Å². The summed E-state index contributed by atoms with van der Waals surface area (Å²) in [6.07, 6.45) is -2.93. The van der Waals surface area contributed by atoms with E-state index in [2.05, 4.69) is 15.3 Å². The lowest BCUT2D eigenvalue weighted by Crippen LogP contribution is -2.47. The Hall–Kier alpha value is -1.77. The fourth-order valence-electron chi connectivity index (χ4n) is 2.39. The van der Waals surface area contributed by atoms with Gasteiger partial charge < -0.3 is 15.0 Å². The summed E-state index contributed by atoms with van der Waals surface area (Å²) < 4.78 is 43.3. The molecule has 0 aromatic carbocycles. The summed E-state index contributed by atoms with van der Waals surface area (Å²) in [4.78, 5) is 21.0. The number of likely N-dealkylation sites (tertiary alicyclic amines) is 1. The number of piperidine rings is 1. The van der Waals surface area contributed by atoms with Crippen molar-refractivity contribution in [1.82, 2.24) is 14.9 Å². The van der Waals surface area contributed by atoms with Crippen LogP contribution in [0.2, 0.25) is 5.15 Å². The van der Waals surface area contributed by atoms with Crippen LogP contribution in [0.3, 0.4) is 0 Å². The molecule has 2 heterocycles. The third-order valence-corrected chi connectivity index (χ3v) is 3.74. The van der Waals surface area contributed by atoms with E-state index in [4.69, 9.17) is 16.3 Å². The molecule has 140 valence electrons. The van der Waals surface area contributed by atoms with Gasteiger partial charge in [0.05, 0.1) is 0 Å². The first-order valence-electron chi connectivity index (χ1n) is 7.80. The number of carbonyl (C=O) groups is 1. The lowest BCUT2D eigenvalue weighted by molar-refractivity contribution is -0.137. The molecule has 1 aromatic rings. The number of nitrogens with zero attached hydrogens (tertiary/aromatic N) is 3. The van der Waals surface area contributed by atoms with Crippen LogP contribution >= 0.6 is 11.6 Å². The van der Waals surface area contributed by atoms with Crippen LogP contribution in [0.4, 0.5) is 23.9 Å². The van der Waals surface area contributed by atoms with Crippen molar-refractivity contribution in [1.29, 1.82) is 0 Å². The second-order valence-electron chi connectivity index (χ2n) is 6.81. The summed E-state index contributed by atoms with van der Waals surface area (Å²) >= 11 is 5.59.